The van der Waals surface area contributed by atoms with Gasteiger partial charge in [-0.3, -0.25) is 4.79 Å². The summed E-state index contributed by atoms with van der Waals surface area (Å²) in [6.07, 6.45) is 9.36. The minimum Gasteiger partial charge on any atom is -0.465 e. The average molecular weight is 464 g/mol. The summed E-state index contributed by atoms with van der Waals surface area (Å²) in [5, 5.41) is 10.6. The Hall–Kier alpha value is -2.92. The fourth-order valence-electron chi connectivity index (χ4n) is 4.55. The number of ether oxygens (including phenoxy) is 1. The Morgan fingerprint density at radius 1 is 1.12 bits per heavy atom. The number of carbonyl (C=O) groups is 2. The van der Waals surface area contributed by atoms with E-state index in [4.69, 9.17) is 4.74 Å². The molecular weight excluding hydrogens is 426 g/mol. The number of esters is 1. The number of carbonyl (C=O) groups excluding carboxylic acids is 2. The summed E-state index contributed by atoms with van der Waals surface area (Å²) in [4.78, 5) is 26.1. The van der Waals surface area contributed by atoms with Crippen LogP contribution in [0.5, 0.6) is 0 Å². The second-order valence-electron chi connectivity index (χ2n) is 9.22. The molecule has 0 aromatic heterocycles. The molecule has 5 heteroatoms. The van der Waals surface area contributed by atoms with Crippen LogP contribution in [-0.4, -0.2) is 47.7 Å². The van der Waals surface area contributed by atoms with E-state index in [0.29, 0.717) is 18.5 Å². The molecular formula is C29H37NO4. The predicted octanol–water partition coefficient (Wildman–Crippen LogP) is 4.97. The zero-order valence-electron chi connectivity index (χ0n) is 20.4. The van der Waals surface area contributed by atoms with Gasteiger partial charge in [0.2, 0.25) is 5.91 Å². The number of methoxy groups -OCH3 is 1. The summed E-state index contributed by atoms with van der Waals surface area (Å²) in [7, 11) is 1.38. The standard InChI is InChI=1S/C29H37NO4/c1-22(9-6-12-23-10-4-3-5-11-23)27(31)18-16-26-17-19-28(32)30(26)20-8-14-24-13-7-15-25(21-24)29(33)34-2/h3-5,7,10-11,13,15-16,18,21-22,26-27,31H,6,8-9,12,14,17,19-20H2,1-2H3/t22-,26?,27+/m0/s1. The number of benzene rings is 2. The van der Waals surface area contributed by atoms with Crippen molar-refractivity contribution >= 4 is 11.9 Å². The molecule has 0 radical (unpaired) electrons. The maximum Gasteiger partial charge on any atom is 0.337 e. The van der Waals surface area contributed by atoms with Crippen molar-refractivity contribution in [1.82, 2.24) is 4.90 Å². The van der Waals surface area contributed by atoms with Crippen LogP contribution in [0.2, 0.25) is 0 Å². The number of aliphatic hydroxyl groups excluding tert-OH is 1. The highest BCUT2D eigenvalue weighted by Gasteiger charge is 2.28. The third-order valence-corrected chi connectivity index (χ3v) is 6.67. The Bertz CT molecular complexity index is 956. The van der Waals surface area contributed by atoms with Crippen molar-refractivity contribution in [3.05, 3.63) is 83.4 Å². The second-order valence-corrected chi connectivity index (χ2v) is 9.22. The van der Waals surface area contributed by atoms with Crippen LogP contribution >= 0.6 is 0 Å². The van der Waals surface area contributed by atoms with Gasteiger partial charge in [-0.05, 0) is 67.7 Å². The molecule has 0 aliphatic carbocycles. The Morgan fingerprint density at radius 3 is 2.62 bits per heavy atom. The first-order valence-electron chi connectivity index (χ1n) is 12.3. The van der Waals surface area contributed by atoms with Crippen LogP contribution in [0.4, 0.5) is 0 Å². The first-order chi connectivity index (χ1) is 16.5. The number of aryl methyl sites for hydroxylation is 2. The van der Waals surface area contributed by atoms with Gasteiger partial charge in [-0.1, -0.05) is 61.5 Å². The van der Waals surface area contributed by atoms with Crippen molar-refractivity contribution < 1.29 is 19.4 Å². The third-order valence-electron chi connectivity index (χ3n) is 6.67. The van der Waals surface area contributed by atoms with Crippen LogP contribution in [-0.2, 0) is 22.4 Å². The summed E-state index contributed by atoms with van der Waals surface area (Å²) < 4.78 is 4.79. The van der Waals surface area contributed by atoms with Crippen molar-refractivity contribution in [3.63, 3.8) is 0 Å². The summed E-state index contributed by atoms with van der Waals surface area (Å²) >= 11 is 0. The van der Waals surface area contributed by atoms with E-state index in [-0.39, 0.29) is 23.8 Å². The number of nitrogens with zero attached hydrogens (tertiary/aromatic N) is 1. The maximum atomic E-state index is 12.4. The Kier molecular flexibility index (Phi) is 9.89. The Balaban J connectivity index is 1.45. The van der Waals surface area contributed by atoms with E-state index in [9.17, 15) is 14.7 Å². The normalized spacial score (nSPS) is 17.8. The minimum atomic E-state index is -0.505. The molecule has 1 N–H and O–H groups in total. The molecule has 1 heterocycles. The molecule has 0 saturated carbocycles. The monoisotopic (exact) mass is 463 g/mol. The van der Waals surface area contributed by atoms with Gasteiger partial charge in [0.1, 0.15) is 0 Å². The molecule has 1 aliphatic rings. The maximum absolute atomic E-state index is 12.4. The molecule has 1 aliphatic heterocycles. The van der Waals surface area contributed by atoms with E-state index in [2.05, 4.69) is 31.2 Å². The fraction of sp³-hybridized carbons (Fsp3) is 0.448. The van der Waals surface area contributed by atoms with Crippen molar-refractivity contribution in [1.29, 1.82) is 0 Å². The smallest absolute Gasteiger partial charge is 0.337 e. The highest BCUT2D eigenvalue weighted by atomic mass is 16.5. The first-order valence-corrected chi connectivity index (χ1v) is 12.3. The molecule has 34 heavy (non-hydrogen) atoms. The second kappa shape index (κ2) is 13.1. The lowest BCUT2D eigenvalue weighted by molar-refractivity contribution is -0.128. The molecule has 182 valence electrons. The molecule has 0 spiro atoms. The van der Waals surface area contributed by atoms with E-state index in [1.165, 1.54) is 12.7 Å². The molecule has 3 rings (SSSR count). The van der Waals surface area contributed by atoms with Crippen LogP contribution in [0.3, 0.4) is 0 Å². The zero-order valence-corrected chi connectivity index (χ0v) is 20.4. The van der Waals surface area contributed by atoms with Crippen molar-refractivity contribution in [2.45, 2.75) is 64.0 Å². The van der Waals surface area contributed by atoms with Gasteiger partial charge in [-0.2, -0.15) is 0 Å². The average Bonchev–Trinajstić information content (AvgIpc) is 3.21. The molecule has 1 fully saturated rings. The number of rotatable bonds is 12. The Morgan fingerprint density at radius 2 is 1.85 bits per heavy atom. The van der Waals surface area contributed by atoms with Crippen LogP contribution in [0.1, 0.15) is 60.5 Å². The quantitative estimate of drug-likeness (QED) is 0.356. The van der Waals surface area contributed by atoms with E-state index < -0.39 is 6.10 Å². The van der Waals surface area contributed by atoms with Crippen LogP contribution in [0.15, 0.2) is 66.7 Å². The van der Waals surface area contributed by atoms with Crippen molar-refractivity contribution in [3.8, 4) is 0 Å². The number of likely N-dealkylation sites (tertiary alicyclic amines) is 1. The zero-order chi connectivity index (χ0) is 24.3. The SMILES string of the molecule is COC(=O)c1cccc(CCCN2C(=O)CCC2C=C[C@@H](O)[C@@H](C)CCCc2ccccc2)c1. The topological polar surface area (TPSA) is 66.8 Å². The van der Waals surface area contributed by atoms with Gasteiger partial charge >= 0.3 is 5.97 Å². The number of amides is 1. The van der Waals surface area contributed by atoms with Gasteiger partial charge in [0.15, 0.2) is 0 Å². The Labute approximate surface area is 203 Å². The predicted molar refractivity (Wildman–Crippen MR) is 135 cm³/mol. The molecule has 1 unspecified atom stereocenters. The molecule has 2 aromatic carbocycles. The van der Waals surface area contributed by atoms with E-state index in [0.717, 1.165) is 44.1 Å². The van der Waals surface area contributed by atoms with Gasteiger partial charge in [-0.15, -0.1) is 0 Å². The van der Waals surface area contributed by atoms with Crippen LogP contribution in [0.25, 0.3) is 0 Å². The van der Waals surface area contributed by atoms with Crippen LogP contribution in [0, 0.1) is 5.92 Å². The number of hydrogen-bond acceptors (Lipinski definition) is 4. The van der Waals surface area contributed by atoms with E-state index >= 15 is 0 Å². The van der Waals surface area contributed by atoms with Crippen molar-refractivity contribution in [2.24, 2.45) is 5.92 Å². The molecule has 2 aromatic rings. The lowest BCUT2D eigenvalue weighted by Crippen LogP contribution is -2.33. The molecule has 1 amide bonds. The lowest BCUT2D eigenvalue weighted by atomic mass is 9.95. The van der Waals surface area contributed by atoms with Gasteiger partial charge in [0.25, 0.3) is 0 Å². The summed E-state index contributed by atoms with van der Waals surface area (Å²) in [5.41, 5.74) is 2.93. The largest absolute Gasteiger partial charge is 0.465 e. The number of hydrogen-bond donors (Lipinski definition) is 1. The number of aliphatic hydroxyl groups is 1. The summed E-state index contributed by atoms with van der Waals surface area (Å²) in [6.45, 7) is 2.75. The van der Waals surface area contributed by atoms with E-state index in [1.54, 1.807) is 6.07 Å². The molecule has 3 atom stereocenters. The summed E-state index contributed by atoms with van der Waals surface area (Å²) in [6, 6.07) is 17.9. The van der Waals surface area contributed by atoms with Crippen molar-refractivity contribution in [2.75, 3.05) is 13.7 Å². The lowest BCUT2D eigenvalue weighted by Gasteiger charge is -2.23. The first kappa shape index (κ1) is 25.7. The highest BCUT2D eigenvalue weighted by molar-refractivity contribution is 5.89. The highest BCUT2D eigenvalue weighted by Crippen LogP contribution is 2.22. The van der Waals surface area contributed by atoms with Gasteiger partial charge < -0.3 is 14.7 Å². The summed E-state index contributed by atoms with van der Waals surface area (Å²) in [5.74, 6) is 0.00517. The fourth-order valence-corrected chi connectivity index (χ4v) is 4.55. The van der Waals surface area contributed by atoms with Gasteiger partial charge in [-0.25, -0.2) is 4.79 Å². The molecule has 0 bridgehead atoms. The van der Waals surface area contributed by atoms with Gasteiger partial charge in [0.05, 0.1) is 24.8 Å². The third kappa shape index (κ3) is 7.56. The van der Waals surface area contributed by atoms with Crippen LogP contribution < -0.4 is 0 Å². The minimum absolute atomic E-state index is 0.0417. The molecule has 1 saturated heterocycles. The van der Waals surface area contributed by atoms with Gasteiger partial charge in [0, 0.05) is 13.0 Å². The molecule has 5 nitrogen and oxygen atoms in total. The van der Waals surface area contributed by atoms with E-state index in [1.807, 2.05) is 41.3 Å².